The number of thiazole rings is 1. The Bertz CT molecular complexity index is 1160. The average molecular weight is 485 g/mol. The smallest absolute Gasteiger partial charge is 0.255 e. The molecular formula is C23H24N4O4S2. The normalized spacial score (nSPS) is 11.5. The summed E-state index contributed by atoms with van der Waals surface area (Å²) in [6, 6.07) is 13.8. The van der Waals surface area contributed by atoms with Crippen LogP contribution in [0.1, 0.15) is 27.9 Å². The highest BCUT2D eigenvalue weighted by Crippen LogP contribution is 2.31. The number of nitrogens with two attached hydrogens (primary N) is 1. The van der Waals surface area contributed by atoms with E-state index < -0.39 is 11.2 Å². The van der Waals surface area contributed by atoms with Crippen LogP contribution in [0.25, 0.3) is 0 Å². The first kappa shape index (κ1) is 24.3. The third kappa shape index (κ3) is 6.56. The summed E-state index contributed by atoms with van der Waals surface area (Å²) in [5.41, 5.74) is 7.60. The molecule has 0 radical (unpaired) electrons. The van der Waals surface area contributed by atoms with Crippen LogP contribution in [0.3, 0.4) is 0 Å². The second-order valence-electron chi connectivity index (χ2n) is 7.11. The third-order valence-electron chi connectivity index (χ3n) is 4.62. The predicted molar refractivity (Wildman–Crippen MR) is 131 cm³/mol. The number of nitrogens with one attached hydrogen (secondary N) is 2. The van der Waals surface area contributed by atoms with E-state index in [0.29, 0.717) is 27.0 Å². The van der Waals surface area contributed by atoms with E-state index in [1.54, 1.807) is 43.3 Å². The fourth-order valence-corrected chi connectivity index (χ4v) is 5.26. The van der Waals surface area contributed by atoms with Gasteiger partial charge in [-0.1, -0.05) is 23.9 Å². The zero-order valence-electron chi connectivity index (χ0n) is 18.4. The molecule has 0 aliphatic carbocycles. The molecule has 0 bridgehead atoms. The van der Waals surface area contributed by atoms with Crippen molar-refractivity contribution in [3.8, 4) is 5.75 Å². The summed E-state index contributed by atoms with van der Waals surface area (Å²) in [4.78, 5) is 41.5. The zero-order valence-corrected chi connectivity index (χ0v) is 20.0. The molecule has 0 aliphatic rings. The second kappa shape index (κ2) is 11.0. The molecule has 172 valence electrons. The van der Waals surface area contributed by atoms with E-state index in [1.807, 2.05) is 19.1 Å². The van der Waals surface area contributed by atoms with Gasteiger partial charge in [-0.05, 0) is 50.2 Å². The number of carbonyl (C=O) groups excluding carboxylic acids is 3. The number of benzene rings is 2. The van der Waals surface area contributed by atoms with Crippen LogP contribution in [0.15, 0.2) is 52.9 Å². The molecular weight excluding hydrogens is 460 g/mol. The maximum absolute atomic E-state index is 12.6. The summed E-state index contributed by atoms with van der Waals surface area (Å²) in [7, 11) is 1.54. The molecule has 33 heavy (non-hydrogen) atoms. The Hall–Kier alpha value is -3.37. The van der Waals surface area contributed by atoms with Crippen molar-refractivity contribution in [3.63, 3.8) is 0 Å². The van der Waals surface area contributed by atoms with Gasteiger partial charge >= 0.3 is 0 Å². The number of para-hydroxylation sites is 2. The van der Waals surface area contributed by atoms with Crippen molar-refractivity contribution in [2.75, 3.05) is 17.7 Å². The highest BCUT2D eigenvalue weighted by atomic mass is 32.2. The van der Waals surface area contributed by atoms with Crippen LogP contribution >= 0.6 is 23.1 Å². The fraction of sp³-hybridized carbons (Fsp3) is 0.217. The largest absolute Gasteiger partial charge is 0.495 e. The van der Waals surface area contributed by atoms with E-state index in [2.05, 4.69) is 15.6 Å². The molecule has 4 N–H and O–H groups in total. The molecule has 8 nitrogen and oxygen atoms in total. The summed E-state index contributed by atoms with van der Waals surface area (Å²) in [6.45, 7) is 3.59. The van der Waals surface area contributed by atoms with Crippen molar-refractivity contribution in [2.24, 2.45) is 5.73 Å². The molecule has 3 rings (SSSR count). The Morgan fingerprint density at radius 3 is 2.48 bits per heavy atom. The Kier molecular flexibility index (Phi) is 8.07. The standard InChI is InChI=1S/C23H24N4O4S2/c1-13-19(12-20(24)28)33-23(25-13)32-14(2)21(29)26-16-10-8-15(9-11-16)22(30)27-17-6-4-5-7-18(17)31-3/h4-11,14H,12H2,1-3H3,(H2,24,28)(H,26,29)(H,27,30)/t14-/m1/s1. The van der Waals surface area contributed by atoms with E-state index in [4.69, 9.17) is 10.5 Å². The zero-order chi connectivity index (χ0) is 24.0. The van der Waals surface area contributed by atoms with E-state index >= 15 is 0 Å². The molecule has 3 aromatic rings. The fourth-order valence-electron chi connectivity index (χ4n) is 2.87. The van der Waals surface area contributed by atoms with Gasteiger partial charge in [-0.2, -0.15) is 0 Å². The Morgan fingerprint density at radius 2 is 1.82 bits per heavy atom. The summed E-state index contributed by atoms with van der Waals surface area (Å²) in [6.07, 6.45) is 0.140. The third-order valence-corrected chi connectivity index (χ3v) is 6.98. The van der Waals surface area contributed by atoms with Crippen molar-refractivity contribution in [2.45, 2.75) is 29.9 Å². The highest BCUT2D eigenvalue weighted by Gasteiger charge is 2.19. The van der Waals surface area contributed by atoms with Gasteiger partial charge < -0.3 is 21.1 Å². The molecule has 1 heterocycles. The van der Waals surface area contributed by atoms with Crippen LogP contribution in [0.2, 0.25) is 0 Å². The summed E-state index contributed by atoms with van der Waals surface area (Å²) in [5.74, 6) is -0.328. The SMILES string of the molecule is COc1ccccc1NC(=O)c1ccc(NC(=O)[C@@H](C)Sc2nc(C)c(CC(N)=O)s2)cc1. The lowest BCUT2D eigenvalue weighted by Crippen LogP contribution is -2.22. The van der Waals surface area contributed by atoms with Gasteiger partial charge in [0.1, 0.15) is 5.75 Å². The maximum Gasteiger partial charge on any atom is 0.255 e. The number of hydrogen-bond donors (Lipinski definition) is 3. The summed E-state index contributed by atoms with van der Waals surface area (Å²) >= 11 is 2.68. The summed E-state index contributed by atoms with van der Waals surface area (Å²) < 4.78 is 5.95. The van der Waals surface area contributed by atoms with Gasteiger partial charge in [-0.15, -0.1) is 11.3 Å². The molecule has 0 unspecified atom stereocenters. The summed E-state index contributed by atoms with van der Waals surface area (Å²) in [5, 5.41) is 5.24. The lowest BCUT2D eigenvalue weighted by molar-refractivity contribution is -0.117. The number of ether oxygens (including phenoxy) is 1. The number of amides is 3. The van der Waals surface area contributed by atoms with Crippen molar-refractivity contribution in [1.82, 2.24) is 4.98 Å². The lowest BCUT2D eigenvalue weighted by atomic mass is 10.2. The first-order valence-electron chi connectivity index (χ1n) is 10.0. The van der Waals surface area contributed by atoms with Crippen molar-refractivity contribution < 1.29 is 19.1 Å². The molecule has 2 aromatic carbocycles. The molecule has 10 heteroatoms. The molecule has 0 spiro atoms. The predicted octanol–water partition coefficient (Wildman–Crippen LogP) is 3.86. The monoisotopic (exact) mass is 484 g/mol. The van der Waals surface area contributed by atoms with Crippen molar-refractivity contribution in [3.05, 3.63) is 64.7 Å². The van der Waals surface area contributed by atoms with Crippen LogP contribution < -0.4 is 21.1 Å². The number of anilines is 2. The molecule has 1 atom stereocenters. The lowest BCUT2D eigenvalue weighted by Gasteiger charge is -2.12. The molecule has 0 saturated heterocycles. The Balaban J connectivity index is 1.58. The minimum absolute atomic E-state index is 0.140. The quantitative estimate of drug-likeness (QED) is 0.396. The number of rotatable bonds is 9. The molecule has 1 aromatic heterocycles. The first-order chi connectivity index (χ1) is 15.8. The van der Waals surface area contributed by atoms with E-state index in [-0.39, 0.29) is 18.2 Å². The van der Waals surface area contributed by atoms with Crippen molar-refractivity contribution in [1.29, 1.82) is 0 Å². The van der Waals surface area contributed by atoms with Crippen molar-refractivity contribution >= 4 is 52.2 Å². The number of carbonyl (C=O) groups is 3. The van der Waals surface area contributed by atoms with Crippen LogP contribution in [0.4, 0.5) is 11.4 Å². The van der Waals surface area contributed by atoms with E-state index in [0.717, 1.165) is 10.6 Å². The van der Waals surface area contributed by atoms with Crippen LogP contribution in [0, 0.1) is 6.92 Å². The highest BCUT2D eigenvalue weighted by molar-refractivity contribution is 8.02. The van der Waals surface area contributed by atoms with Crippen LogP contribution in [-0.2, 0) is 16.0 Å². The van der Waals surface area contributed by atoms with Crippen LogP contribution in [-0.4, -0.2) is 35.1 Å². The molecule has 0 fully saturated rings. The van der Waals surface area contributed by atoms with Gasteiger partial charge in [-0.25, -0.2) is 4.98 Å². The van der Waals surface area contributed by atoms with Gasteiger partial charge in [-0.3, -0.25) is 14.4 Å². The van der Waals surface area contributed by atoms with E-state index in [1.165, 1.54) is 30.2 Å². The number of nitrogens with zero attached hydrogens (tertiary/aromatic N) is 1. The van der Waals surface area contributed by atoms with Crippen LogP contribution in [0.5, 0.6) is 5.75 Å². The molecule has 0 aliphatic heterocycles. The topological polar surface area (TPSA) is 123 Å². The number of hydrogen-bond acceptors (Lipinski definition) is 7. The van der Waals surface area contributed by atoms with Gasteiger partial charge in [0.2, 0.25) is 11.8 Å². The average Bonchev–Trinajstić information content (AvgIpc) is 3.12. The molecule has 3 amide bonds. The second-order valence-corrected chi connectivity index (χ2v) is 9.78. The first-order valence-corrected chi connectivity index (χ1v) is 11.7. The number of primary amides is 1. The van der Waals surface area contributed by atoms with Gasteiger partial charge in [0.25, 0.3) is 5.91 Å². The van der Waals surface area contributed by atoms with Gasteiger partial charge in [0.15, 0.2) is 4.34 Å². The Labute approximate surface area is 199 Å². The number of aromatic nitrogens is 1. The van der Waals surface area contributed by atoms with Gasteiger partial charge in [0, 0.05) is 16.1 Å². The number of aryl methyl sites for hydroxylation is 1. The molecule has 0 saturated carbocycles. The maximum atomic E-state index is 12.6. The number of methoxy groups -OCH3 is 1. The number of thioether (sulfide) groups is 1. The van der Waals surface area contributed by atoms with Gasteiger partial charge in [0.05, 0.1) is 30.2 Å². The minimum Gasteiger partial charge on any atom is -0.495 e. The Morgan fingerprint density at radius 1 is 1.12 bits per heavy atom. The minimum atomic E-state index is -0.413. The van der Waals surface area contributed by atoms with E-state index in [9.17, 15) is 14.4 Å².